The Morgan fingerprint density at radius 2 is 1.88 bits per heavy atom. The summed E-state index contributed by atoms with van der Waals surface area (Å²) in [6.07, 6.45) is 6.42. The second kappa shape index (κ2) is 7.16. The van der Waals surface area contributed by atoms with Gasteiger partial charge in [-0.3, -0.25) is 4.79 Å². The second-order valence-electron chi connectivity index (χ2n) is 7.07. The Kier molecular flexibility index (Phi) is 4.75. The highest BCUT2D eigenvalue weighted by atomic mass is 35.5. The van der Waals surface area contributed by atoms with Crippen molar-refractivity contribution in [3.05, 3.63) is 35.2 Å². The molecule has 1 unspecified atom stereocenters. The van der Waals surface area contributed by atoms with Crippen molar-refractivity contribution in [3.8, 4) is 11.4 Å². The molecule has 1 atom stereocenters. The molecule has 1 aliphatic heterocycles. The van der Waals surface area contributed by atoms with Crippen LogP contribution in [0.1, 0.15) is 50.3 Å². The van der Waals surface area contributed by atoms with E-state index >= 15 is 0 Å². The van der Waals surface area contributed by atoms with E-state index in [1.54, 1.807) is 0 Å². The van der Waals surface area contributed by atoms with Crippen molar-refractivity contribution in [3.63, 3.8) is 0 Å². The standard InChI is InChI=1S/C19H22ClN3O2/c20-16-9-7-13(8-10-16)17-21-18(25-22-17)15-6-3-11-23(12-15)19(24)14-4-1-2-5-14/h7-10,14-15H,1-6,11-12H2. The summed E-state index contributed by atoms with van der Waals surface area (Å²) in [6.45, 7) is 1.54. The average molecular weight is 360 g/mol. The van der Waals surface area contributed by atoms with Gasteiger partial charge < -0.3 is 9.42 Å². The van der Waals surface area contributed by atoms with E-state index < -0.39 is 0 Å². The Labute approximate surface area is 152 Å². The topological polar surface area (TPSA) is 59.2 Å². The van der Waals surface area contributed by atoms with Gasteiger partial charge in [0.1, 0.15) is 0 Å². The molecule has 1 saturated carbocycles. The van der Waals surface area contributed by atoms with Gasteiger partial charge in [-0.15, -0.1) is 0 Å². The Morgan fingerprint density at radius 3 is 2.64 bits per heavy atom. The molecule has 2 fully saturated rings. The van der Waals surface area contributed by atoms with Crippen LogP contribution in [0.15, 0.2) is 28.8 Å². The van der Waals surface area contributed by atoms with Gasteiger partial charge in [-0.2, -0.15) is 4.98 Å². The fourth-order valence-corrected chi connectivity index (χ4v) is 4.05. The van der Waals surface area contributed by atoms with Crippen molar-refractivity contribution < 1.29 is 9.32 Å². The molecule has 0 bridgehead atoms. The Hall–Kier alpha value is -1.88. The monoisotopic (exact) mass is 359 g/mol. The molecule has 2 aliphatic rings. The number of hydrogen-bond donors (Lipinski definition) is 0. The van der Waals surface area contributed by atoms with Crippen LogP contribution < -0.4 is 0 Å². The van der Waals surface area contributed by atoms with Crippen LogP contribution in [0.25, 0.3) is 11.4 Å². The van der Waals surface area contributed by atoms with Crippen LogP contribution in [0.2, 0.25) is 5.02 Å². The van der Waals surface area contributed by atoms with Crippen LogP contribution in [0.3, 0.4) is 0 Å². The largest absolute Gasteiger partial charge is 0.342 e. The first-order valence-corrected chi connectivity index (χ1v) is 9.47. The van der Waals surface area contributed by atoms with Crippen molar-refractivity contribution in [2.45, 2.75) is 44.4 Å². The minimum atomic E-state index is 0.132. The van der Waals surface area contributed by atoms with E-state index in [2.05, 4.69) is 10.1 Å². The lowest BCUT2D eigenvalue weighted by molar-refractivity contribution is -0.136. The van der Waals surface area contributed by atoms with Gasteiger partial charge in [0.2, 0.25) is 17.6 Å². The quantitative estimate of drug-likeness (QED) is 0.820. The predicted molar refractivity (Wildman–Crippen MR) is 95.3 cm³/mol. The number of piperidine rings is 1. The van der Waals surface area contributed by atoms with Crippen LogP contribution in [-0.4, -0.2) is 34.0 Å². The number of nitrogens with zero attached hydrogens (tertiary/aromatic N) is 3. The summed E-state index contributed by atoms with van der Waals surface area (Å²) in [6, 6.07) is 7.40. The molecule has 5 nitrogen and oxygen atoms in total. The summed E-state index contributed by atoms with van der Waals surface area (Å²) in [5, 5.41) is 4.79. The fraction of sp³-hybridized carbons (Fsp3) is 0.526. The van der Waals surface area contributed by atoms with Crippen LogP contribution in [0.4, 0.5) is 0 Å². The minimum Gasteiger partial charge on any atom is -0.342 e. The number of rotatable bonds is 3. The number of halogens is 1. The minimum absolute atomic E-state index is 0.132. The first kappa shape index (κ1) is 16.6. The van der Waals surface area contributed by atoms with Crippen LogP contribution in [-0.2, 0) is 4.79 Å². The van der Waals surface area contributed by atoms with E-state index in [0.717, 1.165) is 37.8 Å². The molecular weight excluding hydrogens is 338 g/mol. The average Bonchev–Trinajstić information content (AvgIpc) is 3.34. The molecule has 25 heavy (non-hydrogen) atoms. The normalized spacial score (nSPS) is 21.6. The van der Waals surface area contributed by atoms with E-state index in [1.165, 1.54) is 12.8 Å². The van der Waals surface area contributed by atoms with Crippen molar-refractivity contribution >= 4 is 17.5 Å². The number of carbonyl (C=O) groups excluding carboxylic acids is 1. The molecule has 1 aliphatic carbocycles. The lowest BCUT2D eigenvalue weighted by Crippen LogP contribution is -2.41. The number of hydrogen-bond acceptors (Lipinski definition) is 4. The highest BCUT2D eigenvalue weighted by Gasteiger charge is 2.33. The van der Waals surface area contributed by atoms with E-state index in [1.807, 2.05) is 29.2 Å². The van der Waals surface area contributed by atoms with Gasteiger partial charge in [-0.05, 0) is 49.9 Å². The summed E-state index contributed by atoms with van der Waals surface area (Å²) in [5.74, 6) is 1.89. The van der Waals surface area contributed by atoms with Crippen molar-refractivity contribution in [2.24, 2.45) is 5.92 Å². The molecule has 1 amide bonds. The molecule has 0 radical (unpaired) electrons. The third-order valence-corrected chi connectivity index (χ3v) is 5.58. The summed E-state index contributed by atoms with van der Waals surface area (Å²) in [7, 11) is 0. The molecule has 6 heteroatoms. The highest BCUT2D eigenvalue weighted by Crippen LogP contribution is 2.31. The molecule has 1 aromatic carbocycles. The van der Waals surface area contributed by atoms with Crippen LogP contribution >= 0.6 is 11.6 Å². The molecule has 0 N–H and O–H groups in total. The van der Waals surface area contributed by atoms with Crippen LogP contribution in [0, 0.1) is 5.92 Å². The van der Waals surface area contributed by atoms with Gasteiger partial charge >= 0.3 is 0 Å². The molecule has 132 valence electrons. The Bertz CT molecular complexity index is 737. The third-order valence-electron chi connectivity index (χ3n) is 5.33. The zero-order valence-corrected chi connectivity index (χ0v) is 14.9. The zero-order chi connectivity index (χ0) is 17.2. The van der Waals surface area contributed by atoms with E-state index in [9.17, 15) is 4.79 Å². The van der Waals surface area contributed by atoms with Gasteiger partial charge in [0.05, 0.1) is 5.92 Å². The maximum atomic E-state index is 12.7. The lowest BCUT2D eigenvalue weighted by atomic mass is 9.96. The predicted octanol–water partition coefficient (Wildman–Crippen LogP) is 4.29. The van der Waals surface area contributed by atoms with Gasteiger partial charge in [-0.25, -0.2) is 0 Å². The Balaban J connectivity index is 1.46. The summed E-state index contributed by atoms with van der Waals surface area (Å²) in [4.78, 5) is 19.3. The van der Waals surface area contributed by atoms with Gasteiger partial charge in [0, 0.05) is 29.6 Å². The molecule has 0 spiro atoms. The molecule has 1 saturated heterocycles. The number of aromatic nitrogens is 2. The first-order chi connectivity index (χ1) is 12.2. The van der Waals surface area contributed by atoms with Gasteiger partial charge in [-0.1, -0.05) is 29.6 Å². The molecule has 2 heterocycles. The molecule has 1 aromatic heterocycles. The summed E-state index contributed by atoms with van der Waals surface area (Å²) < 4.78 is 5.51. The van der Waals surface area contributed by atoms with E-state index in [4.69, 9.17) is 16.1 Å². The summed E-state index contributed by atoms with van der Waals surface area (Å²) >= 11 is 5.92. The van der Waals surface area contributed by atoms with Crippen molar-refractivity contribution in [1.29, 1.82) is 0 Å². The fourth-order valence-electron chi connectivity index (χ4n) is 3.93. The van der Waals surface area contributed by atoms with Gasteiger partial charge in [0.25, 0.3) is 0 Å². The first-order valence-electron chi connectivity index (χ1n) is 9.09. The number of amides is 1. The zero-order valence-electron chi connectivity index (χ0n) is 14.2. The SMILES string of the molecule is O=C(C1CCCC1)N1CCCC(c2nc(-c3ccc(Cl)cc3)no2)C1. The van der Waals surface area contributed by atoms with Gasteiger partial charge in [0.15, 0.2) is 0 Å². The highest BCUT2D eigenvalue weighted by molar-refractivity contribution is 6.30. The Morgan fingerprint density at radius 1 is 1.12 bits per heavy atom. The molecule has 4 rings (SSSR count). The second-order valence-corrected chi connectivity index (χ2v) is 7.50. The van der Waals surface area contributed by atoms with Crippen molar-refractivity contribution in [2.75, 3.05) is 13.1 Å². The van der Waals surface area contributed by atoms with Crippen molar-refractivity contribution in [1.82, 2.24) is 15.0 Å². The third kappa shape index (κ3) is 3.56. The maximum Gasteiger partial charge on any atom is 0.231 e. The lowest BCUT2D eigenvalue weighted by Gasteiger charge is -2.32. The number of likely N-dealkylation sites (tertiary alicyclic amines) is 1. The van der Waals surface area contributed by atoms with Crippen LogP contribution in [0.5, 0.6) is 0 Å². The summed E-state index contributed by atoms with van der Waals surface area (Å²) in [5.41, 5.74) is 0.883. The molecular formula is C19H22ClN3O2. The van der Waals surface area contributed by atoms with E-state index in [-0.39, 0.29) is 11.8 Å². The van der Waals surface area contributed by atoms with E-state index in [0.29, 0.717) is 29.2 Å². The number of benzene rings is 1. The maximum absolute atomic E-state index is 12.7. The molecule has 2 aromatic rings. The number of carbonyl (C=O) groups is 1. The smallest absolute Gasteiger partial charge is 0.231 e.